The highest BCUT2D eigenvalue weighted by molar-refractivity contribution is 6.02. The number of carbonyl (C=O) groups is 10. The quantitative estimate of drug-likeness (QED) is 0.0125. The zero-order valence-corrected chi connectivity index (χ0v) is 50.6. The molecule has 34 heteroatoms. The van der Waals surface area contributed by atoms with Crippen molar-refractivity contribution in [2.75, 3.05) is 65.4 Å². The first-order valence-electron chi connectivity index (χ1n) is 30.1. The van der Waals surface area contributed by atoms with E-state index in [-0.39, 0.29) is 89.2 Å². The summed E-state index contributed by atoms with van der Waals surface area (Å²) in [5.74, 6) is -8.45. The van der Waals surface area contributed by atoms with E-state index in [1.807, 2.05) is 0 Å². The molecule has 0 bridgehead atoms. The van der Waals surface area contributed by atoms with Crippen LogP contribution in [-0.4, -0.2) is 216 Å². The first-order chi connectivity index (χ1) is 42.1. The lowest BCUT2D eigenvalue weighted by molar-refractivity contribution is -0.142. The van der Waals surface area contributed by atoms with Gasteiger partial charge in [-0.05, 0) is 136 Å². The van der Waals surface area contributed by atoms with Crippen LogP contribution < -0.4 is 99.5 Å². The van der Waals surface area contributed by atoms with Crippen molar-refractivity contribution in [1.82, 2.24) is 62.7 Å². The van der Waals surface area contributed by atoms with Crippen LogP contribution in [0.15, 0.2) is 29.3 Å². The first-order valence-corrected chi connectivity index (χ1v) is 30.1. The van der Waals surface area contributed by atoms with Gasteiger partial charge in [0.2, 0.25) is 53.2 Å². The van der Waals surface area contributed by atoms with E-state index >= 15 is 0 Å². The van der Waals surface area contributed by atoms with Crippen LogP contribution in [0.2, 0.25) is 0 Å². The van der Waals surface area contributed by atoms with Gasteiger partial charge >= 0.3 is 0 Å². The van der Waals surface area contributed by atoms with Gasteiger partial charge in [0.05, 0.1) is 31.1 Å². The maximum absolute atomic E-state index is 14.5. The monoisotopic (exact) mass is 1250 g/mol. The predicted octanol–water partition coefficient (Wildman–Crippen LogP) is -8.36. The van der Waals surface area contributed by atoms with E-state index in [1.165, 1.54) is 30.4 Å². The Bertz CT molecular complexity index is 2400. The highest BCUT2D eigenvalue weighted by Crippen LogP contribution is 2.21. The van der Waals surface area contributed by atoms with Gasteiger partial charge in [0.1, 0.15) is 48.0 Å². The van der Waals surface area contributed by atoms with Gasteiger partial charge < -0.3 is 120 Å². The van der Waals surface area contributed by atoms with Gasteiger partial charge in [0.25, 0.3) is 5.91 Å². The van der Waals surface area contributed by atoms with Crippen LogP contribution in [0.1, 0.15) is 115 Å². The summed E-state index contributed by atoms with van der Waals surface area (Å²) in [5, 5.41) is 44.1. The Hall–Kier alpha value is -7.44. The number of likely N-dealkylation sites (tertiary alicyclic amines) is 1. The number of aliphatic imine (C=N–C) groups is 1. The van der Waals surface area contributed by atoms with Gasteiger partial charge in [-0.25, -0.2) is 4.98 Å². The smallest absolute Gasteiger partial charge is 0.268 e. The Morgan fingerprint density at radius 2 is 1.27 bits per heavy atom. The highest BCUT2D eigenvalue weighted by Gasteiger charge is 2.40. The maximum atomic E-state index is 14.5. The van der Waals surface area contributed by atoms with Crippen LogP contribution >= 0.6 is 0 Å². The Labute approximate surface area is 513 Å². The fraction of sp³-hybridized carbons (Fsp3) is 0.704. The number of hydrogen-bond donors (Lipinski definition) is 21. The molecule has 1 aliphatic rings. The molecule has 34 nitrogen and oxygen atoms in total. The number of H-pyrrole nitrogens is 1. The third-order valence-corrected chi connectivity index (χ3v) is 14.1. The molecule has 1 fully saturated rings. The molecule has 0 unspecified atom stereocenters. The number of unbranched alkanes of at least 4 members (excludes halogenated alkanes) is 4. The number of carbonyl (C=O) groups excluding carboxylic acids is 10. The molecule has 30 N–H and O–H groups in total. The van der Waals surface area contributed by atoms with Crippen LogP contribution in [0.3, 0.4) is 0 Å². The second kappa shape index (κ2) is 43.2. The number of aliphatic hydroxyl groups excluding tert-OH is 2. The summed E-state index contributed by atoms with van der Waals surface area (Å²) in [7, 11) is 0. The van der Waals surface area contributed by atoms with Crippen molar-refractivity contribution in [3.8, 4) is 0 Å². The van der Waals surface area contributed by atoms with Gasteiger partial charge in [-0.1, -0.05) is 12.5 Å². The van der Waals surface area contributed by atoms with Crippen molar-refractivity contribution in [2.24, 2.45) is 56.6 Å². The molecule has 1 saturated heterocycles. The molecule has 1 aliphatic heterocycles. The molecule has 2 heterocycles. The van der Waals surface area contributed by atoms with Crippen molar-refractivity contribution >= 4 is 65.0 Å². The molecule has 0 aromatic carbocycles. The zero-order chi connectivity index (χ0) is 65.6. The number of nitrogens with two attached hydrogens (primary N) is 9. The molecule has 88 heavy (non-hydrogen) atoms. The maximum Gasteiger partial charge on any atom is 0.268 e. The molecule has 10 amide bonds. The van der Waals surface area contributed by atoms with Crippen molar-refractivity contribution in [2.45, 2.75) is 177 Å². The van der Waals surface area contributed by atoms with Crippen molar-refractivity contribution in [1.29, 1.82) is 0 Å². The van der Waals surface area contributed by atoms with E-state index in [0.717, 1.165) is 0 Å². The zero-order valence-electron chi connectivity index (χ0n) is 50.6. The van der Waals surface area contributed by atoms with Crippen LogP contribution in [0.5, 0.6) is 0 Å². The molecular weight excluding hydrogens is 1150 g/mol. The summed E-state index contributed by atoms with van der Waals surface area (Å²) in [6.07, 6.45) is 6.20. The van der Waals surface area contributed by atoms with Gasteiger partial charge in [0, 0.05) is 44.5 Å². The summed E-state index contributed by atoms with van der Waals surface area (Å²) in [6.45, 7) is 1.75. The number of aromatic nitrogens is 2. The summed E-state index contributed by atoms with van der Waals surface area (Å²) >= 11 is 0. The third-order valence-electron chi connectivity index (χ3n) is 14.1. The van der Waals surface area contributed by atoms with Crippen molar-refractivity contribution in [3.63, 3.8) is 0 Å². The fourth-order valence-corrected chi connectivity index (χ4v) is 9.18. The second-order valence-corrected chi connectivity index (χ2v) is 21.4. The lowest BCUT2D eigenvalue weighted by atomic mass is 10.0. The van der Waals surface area contributed by atoms with Crippen LogP contribution in [-0.2, 0) is 54.4 Å². The molecule has 0 spiro atoms. The summed E-state index contributed by atoms with van der Waals surface area (Å²) < 4.78 is 0. The minimum Gasteiger partial charge on any atom is -0.391 e. The second-order valence-electron chi connectivity index (χ2n) is 21.4. The van der Waals surface area contributed by atoms with Crippen LogP contribution in [0, 0.1) is 0 Å². The normalized spacial score (nSPS) is 16.2. The van der Waals surface area contributed by atoms with Gasteiger partial charge in [-0.2, -0.15) is 0 Å². The van der Waals surface area contributed by atoms with Crippen molar-refractivity contribution in [3.05, 3.63) is 30.0 Å². The van der Waals surface area contributed by atoms with E-state index < -0.39 is 133 Å². The molecule has 0 radical (unpaired) electrons. The van der Waals surface area contributed by atoms with Crippen LogP contribution in [0.4, 0.5) is 0 Å². The highest BCUT2D eigenvalue weighted by atomic mass is 16.3. The minimum atomic E-state index is -1.80. The lowest BCUT2D eigenvalue weighted by Gasteiger charge is -2.30. The Balaban J connectivity index is 2.38. The predicted molar refractivity (Wildman–Crippen MR) is 326 cm³/mol. The Morgan fingerprint density at radius 1 is 0.670 bits per heavy atom. The third kappa shape index (κ3) is 28.6. The Morgan fingerprint density at radius 3 is 1.86 bits per heavy atom. The van der Waals surface area contributed by atoms with Gasteiger partial charge in [0.15, 0.2) is 5.96 Å². The molecule has 10 atom stereocenters. The molecule has 498 valence electrons. The topological polar surface area (TPSA) is 598 Å². The standard InChI is InChI=1S/C54H100N22O12/c1-32(77)43(74-45(80)34(61)13-2-5-19-55)52(87)75-44(41(78)28-60)51(86)67-30-42(79)69-38(16-10-23-59)53(88)76-26-12-18-40(76)50(85)73-39(27-33-29-64-31-68-33)49(84)72-36(15-4-7-21-57)47(82)71-37(17-11-25-66-54(62)63)48(83)70-35(14-3-6-20-56)46(81)65-24-9-8-22-58/h17,29,31-32,34-36,38-41,43-44,77-78H,2-16,18-28,30,55-61H2,1H3,(H,64,68)(H,65,81)(H,67,86)(H,69,79)(H,70,83)(H,71,82)(H,72,84)(H,73,85)(H,74,80)(H,75,87)(H4,62,63,66)/b37-17-/t32-,34-,35-,36-,38+,39-,40-,41-,43-,44-/m0/s1. The fourth-order valence-electron chi connectivity index (χ4n) is 9.18. The number of rotatable bonds is 45. The van der Waals surface area contributed by atoms with E-state index in [9.17, 15) is 58.2 Å². The number of amides is 10. The SMILES string of the molecule is C[C@H](O)[C@H](NC(=O)[C@@H](N)CCCCN)C(=O)N[C@H](C(=O)NCC(=O)N[C@H](CCCN)C(=O)N1CCC[C@H]1C(=O)N[C@@H](Cc1cnc[nH]1)C(=O)N[C@@H](CCCCN)C(=O)N/C(=C\CCN=C(N)N)C(=O)N[C@@H](CCCCN)C(=O)NCCCCN)[C@@H](O)CN. The van der Waals surface area contributed by atoms with Crippen molar-refractivity contribution < 1.29 is 58.2 Å². The molecular formula is C54H100N22O12. The molecule has 1 aromatic rings. The minimum absolute atomic E-state index is 0.0127. The number of nitrogens with one attached hydrogen (secondary N) is 10. The molecule has 0 saturated carbocycles. The van der Waals surface area contributed by atoms with Gasteiger partial charge in [-0.3, -0.25) is 52.9 Å². The average molecular weight is 1250 g/mol. The van der Waals surface area contributed by atoms with E-state index in [4.69, 9.17) is 51.6 Å². The largest absolute Gasteiger partial charge is 0.391 e. The number of hydrogen-bond acceptors (Lipinski definition) is 21. The number of nitrogens with zero attached hydrogens (tertiary/aromatic N) is 3. The average Bonchev–Trinajstić information content (AvgIpc) is 4.42. The number of aliphatic hydroxyl groups is 2. The summed E-state index contributed by atoms with van der Waals surface area (Å²) in [5.41, 5.74) is 51.2. The van der Waals surface area contributed by atoms with E-state index in [2.05, 4.69) is 62.8 Å². The van der Waals surface area contributed by atoms with Gasteiger partial charge in [-0.15, -0.1) is 0 Å². The Kier molecular flexibility index (Phi) is 37.7. The first kappa shape index (κ1) is 76.7. The molecule has 1 aromatic heterocycles. The number of imidazole rings is 1. The number of guanidine groups is 1. The summed E-state index contributed by atoms with van der Waals surface area (Å²) in [4.78, 5) is 150. The van der Waals surface area contributed by atoms with E-state index in [1.54, 1.807) is 0 Å². The van der Waals surface area contributed by atoms with E-state index in [0.29, 0.717) is 89.7 Å². The number of aromatic amines is 1. The molecule has 2 rings (SSSR count). The molecule has 0 aliphatic carbocycles. The lowest BCUT2D eigenvalue weighted by Crippen LogP contribution is -2.62. The van der Waals surface area contributed by atoms with Crippen LogP contribution in [0.25, 0.3) is 0 Å². The summed E-state index contributed by atoms with van der Waals surface area (Å²) in [6, 6.07) is -10.7.